The monoisotopic (exact) mass is 221 g/mol. The number of aromatic nitrogens is 3. The zero-order valence-corrected chi connectivity index (χ0v) is 9.16. The molecular formula is C8H13F2N3S. The first-order valence-corrected chi connectivity index (χ1v) is 4.86. The van der Waals surface area contributed by atoms with E-state index >= 15 is 0 Å². The molecule has 0 saturated carbocycles. The maximum Gasteiger partial charge on any atom is 0.306 e. The van der Waals surface area contributed by atoms with Gasteiger partial charge in [-0.25, -0.2) is 0 Å². The molecule has 0 aliphatic carbocycles. The first-order chi connectivity index (χ1) is 6.40. The highest BCUT2D eigenvalue weighted by molar-refractivity contribution is 7.71. The van der Waals surface area contributed by atoms with Gasteiger partial charge < -0.3 is 0 Å². The van der Waals surface area contributed by atoms with Crippen LogP contribution in [0.4, 0.5) is 8.78 Å². The molecule has 0 aliphatic rings. The predicted molar refractivity (Wildman–Crippen MR) is 52.0 cm³/mol. The van der Waals surface area contributed by atoms with Gasteiger partial charge in [-0.15, -0.1) is 0 Å². The van der Waals surface area contributed by atoms with E-state index in [1.807, 2.05) is 0 Å². The standard InChI is InChI=1S/C8H13F2N3S/c1-4-8(9,10)6-11-12-7(14)13(6)5(2)3/h5H,4H2,1-3H3,(H,12,14). The van der Waals surface area contributed by atoms with Crippen molar-refractivity contribution in [2.45, 2.75) is 39.2 Å². The molecule has 1 aromatic heterocycles. The lowest BCUT2D eigenvalue weighted by Gasteiger charge is -2.16. The van der Waals surface area contributed by atoms with Crippen LogP contribution in [-0.4, -0.2) is 14.8 Å². The molecule has 0 spiro atoms. The van der Waals surface area contributed by atoms with Gasteiger partial charge in [0.2, 0.25) is 5.82 Å². The highest BCUT2D eigenvalue weighted by Gasteiger charge is 2.35. The molecule has 3 nitrogen and oxygen atoms in total. The minimum absolute atomic E-state index is 0.117. The van der Waals surface area contributed by atoms with Crippen LogP contribution in [0.2, 0.25) is 0 Å². The molecule has 80 valence electrons. The molecule has 0 aliphatic heterocycles. The van der Waals surface area contributed by atoms with Crippen LogP contribution in [0.5, 0.6) is 0 Å². The van der Waals surface area contributed by atoms with E-state index < -0.39 is 5.92 Å². The summed E-state index contributed by atoms with van der Waals surface area (Å²) < 4.78 is 28.3. The Balaban J connectivity index is 3.29. The second-order valence-corrected chi connectivity index (χ2v) is 3.76. The summed E-state index contributed by atoms with van der Waals surface area (Å²) in [6.45, 7) is 5.00. The second kappa shape index (κ2) is 3.76. The molecule has 0 aromatic carbocycles. The topological polar surface area (TPSA) is 33.6 Å². The lowest BCUT2D eigenvalue weighted by atomic mass is 10.2. The van der Waals surface area contributed by atoms with Crippen LogP contribution >= 0.6 is 12.2 Å². The van der Waals surface area contributed by atoms with Gasteiger partial charge in [-0.1, -0.05) is 6.92 Å². The molecule has 1 rings (SSSR count). The predicted octanol–water partition coefficient (Wildman–Crippen LogP) is 3.02. The minimum atomic E-state index is -2.92. The van der Waals surface area contributed by atoms with Crippen molar-refractivity contribution < 1.29 is 8.78 Å². The van der Waals surface area contributed by atoms with Crippen LogP contribution < -0.4 is 0 Å². The van der Waals surface area contributed by atoms with Crippen molar-refractivity contribution in [3.05, 3.63) is 10.6 Å². The van der Waals surface area contributed by atoms with Crippen LogP contribution in [0.1, 0.15) is 39.1 Å². The Morgan fingerprint density at radius 2 is 2.14 bits per heavy atom. The van der Waals surface area contributed by atoms with Crippen LogP contribution in [0.3, 0.4) is 0 Å². The molecule has 0 amide bonds. The van der Waals surface area contributed by atoms with Crippen LogP contribution in [0, 0.1) is 4.77 Å². The Kier molecular flexibility index (Phi) is 3.04. The van der Waals surface area contributed by atoms with E-state index in [-0.39, 0.29) is 23.1 Å². The van der Waals surface area contributed by atoms with Gasteiger partial charge in [-0.3, -0.25) is 9.67 Å². The lowest BCUT2D eigenvalue weighted by molar-refractivity contribution is -0.0221. The van der Waals surface area contributed by atoms with Crippen molar-refractivity contribution in [3.63, 3.8) is 0 Å². The van der Waals surface area contributed by atoms with E-state index in [2.05, 4.69) is 10.2 Å². The summed E-state index contributed by atoms with van der Waals surface area (Å²) in [5.74, 6) is -3.20. The van der Waals surface area contributed by atoms with Gasteiger partial charge in [0.1, 0.15) is 0 Å². The number of alkyl halides is 2. The Morgan fingerprint density at radius 1 is 1.57 bits per heavy atom. The number of hydrogen-bond acceptors (Lipinski definition) is 2. The Bertz CT molecular complexity index is 367. The third-order valence-corrected chi connectivity index (χ3v) is 2.28. The average molecular weight is 221 g/mol. The van der Waals surface area contributed by atoms with Gasteiger partial charge in [-0.2, -0.15) is 13.9 Å². The normalized spacial score (nSPS) is 12.4. The SMILES string of the molecule is CCC(F)(F)c1n[nH]c(=S)n1C(C)C. The fourth-order valence-electron chi connectivity index (χ4n) is 1.20. The summed E-state index contributed by atoms with van der Waals surface area (Å²) in [6, 6.07) is -0.117. The molecule has 6 heteroatoms. The third-order valence-electron chi connectivity index (χ3n) is 1.99. The highest BCUT2D eigenvalue weighted by Crippen LogP contribution is 2.31. The van der Waals surface area contributed by atoms with Crippen molar-refractivity contribution in [1.82, 2.24) is 14.8 Å². The van der Waals surface area contributed by atoms with E-state index in [0.29, 0.717) is 0 Å². The Morgan fingerprint density at radius 3 is 2.57 bits per heavy atom. The summed E-state index contributed by atoms with van der Waals surface area (Å²) in [5.41, 5.74) is 0. The van der Waals surface area contributed by atoms with Gasteiger partial charge >= 0.3 is 5.92 Å². The van der Waals surface area contributed by atoms with Gasteiger partial charge in [0.25, 0.3) is 0 Å². The van der Waals surface area contributed by atoms with Crippen molar-refractivity contribution in [3.8, 4) is 0 Å². The summed E-state index contributed by atoms with van der Waals surface area (Å²) in [4.78, 5) is 0. The Hall–Kier alpha value is -0.780. The zero-order valence-electron chi connectivity index (χ0n) is 8.34. The summed E-state index contributed by atoms with van der Waals surface area (Å²) in [5, 5.41) is 5.97. The number of H-pyrrole nitrogens is 1. The minimum Gasteiger partial charge on any atom is -0.297 e. The van der Waals surface area contributed by atoms with Crippen LogP contribution in [-0.2, 0) is 5.92 Å². The number of rotatable bonds is 3. The summed E-state index contributed by atoms with van der Waals surface area (Å²) >= 11 is 4.88. The summed E-state index contributed by atoms with van der Waals surface area (Å²) in [6.07, 6.45) is -0.278. The number of hydrogen-bond donors (Lipinski definition) is 1. The Labute approximate surface area is 86.1 Å². The zero-order chi connectivity index (χ0) is 10.9. The van der Waals surface area contributed by atoms with E-state index in [0.717, 1.165) is 0 Å². The molecule has 0 saturated heterocycles. The van der Waals surface area contributed by atoms with E-state index in [1.165, 1.54) is 11.5 Å². The number of halogens is 2. The first-order valence-electron chi connectivity index (χ1n) is 4.45. The largest absolute Gasteiger partial charge is 0.306 e. The van der Waals surface area contributed by atoms with Crippen LogP contribution in [0.25, 0.3) is 0 Å². The molecular weight excluding hydrogens is 208 g/mol. The highest BCUT2D eigenvalue weighted by atomic mass is 32.1. The van der Waals surface area contributed by atoms with Gasteiger partial charge in [0.15, 0.2) is 4.77 Å². The maximum atomic E-state index is 13.4. The van der Waals surface area contributed by atoms with E-state index in [9.17, 15) is 8.78 Å². The molecule has 1 N–H and O–H groups in total. The number of nitrogens with one attached hydrogen (secondary N) is 1. The van der Waals surface area contributed by atoms with Crippen molar-refractivity contribution in [2.24, 2.45) is 0 Å². The fraction of sp³-hybridized carbons (Fsp3) is 0.750. The van der Waals surface area contributed by atoms with E-state index in [4.69, 9.17) is 12.2 Å². The molecule has 0 atom stereocenters. The van der Waals surface area contributed by atoms with Gasteiger partial charge in [-0.05, 0) is 26.1 Å². The van der Waals surface area contributed by atoms with Crippen LogP contribution in [0.15, 0.2) is 0 Å². The molecule has 0 radical (unpaired) electrons. The molecule has 14 heavy (non-hydrogen) atoms. The van der Waals surface area contributed by atoms with Crippen molar-refractivity contribution >= 4 is 12.2 Å². The smallest absolute Gasteiger partial charge is 0.297 e. The fourth-order valence-corrected chi connectivity index (χ4v) is 1.54. The molecule has 1 aromatic rings. The van der Waals surface area contributed by atoms with Crippen molar-refractivity contribution in [2.75, 3.05) is 0 Å². The molecule has 0 bridgehead atoms. The average Bonchev–Trinajstić information content (AvgIpc) is 2.47. The molecule has 0 fully saturated rings. The quantitative estimate of drug-likeness (QED) is 0.796. The molecule has 0 unspecified atom stereocenters. The van der Waals surface area contributed by atoms with Gasteiger partial charge in [0.05, 0.1) is 0 Å². The lowest BCUT2D eigenvalue weighted by Crippen LogP contribution is -2.20. The van der Waals surface area contributed by atoms with Gasteiger partial charge in [0, 0.05) is 12.5 Å². The van der Waals surface area contributed by atoms with Crippen molar-refractivity contribution in [1.29, 1.82) is 0 Å². The third kappa shape index (κ3) is 1.84. The second-order valence-electron chi connectivity index (χ2n) is 3.37. The van der Waals surface area contributed by atoms with E-state index in [1.54, 1.807) is 13.8 Å². The molecule has 1 heterocycles. The number of aromatic amines is 1. The maximum absolute atomic E-state index is 13.4. The summed E-state index contributed by atoms with van der Waals surface area (Å²) in [7, 11) is 0. The first kappa shape index (κ1) is 11.3. The number of nitrogens with zero attached hydrogens (tertiary/aromatic N) is 2.